The van der Waals surface area contributed by atoms with Crippen LogP contribution in [-0.2, 0) is 16.6 Å². The minimum absolute atomic E-state index is 0.145. The SMILES string of the molecule is Cc1onc(NS(=O)(=O)c2ccccc2-n2cc(Cn3c(C)nc4ccccc43)c3ccccc32)c1C. The number of para-hydroxylation sites is 4. The van der Waals surface area contributed by atoms with E-state index in [-0.39, 0.29) is 10.7 Å². The van der Waals surface area contributed by atoms with E-state index in [0.29, 0.717) is 23.6 Å². The molecule has 8 nitrogen and oxygen atoms in total. The molecular weight excluding hydrogens is 486 g/mol. The van der Waals surface area contributed by atoms with Crippen LogP contribution in [0.4, 0.5) is 5.82 Å². The van der Waals surface area contributed by atoms with Gasteiger partial charge in [0.05, 0.1) is 28.8 Å². The molecule has 3 aromatic carbocycles. The number of nitrogens with zero attached hydrogens (tertiary/aromatic N) is 4. The van der Waals surface area contributed by atoms with Crippen molar-refractivity contribution in [3.63, 3.8) is 0 Å². The zero-order valence-corrected chi connectivity index (χ0v) is 21.5. The molecule has 0 unspecified atom stereocenters. The highest BCUT2D eigenvalue weighted by Gasteiger charge is 2.24. The van der Waals surface area contributed by atoms with Gasteiger partial charge >= 0.3 is 0 Å². The lowest BCUT2D eigenvalue weighted by Gasteiger charge is -2.13. The first-order valence-corrected chi connectivity index (χ1v) is 13.4. The first-order chi connectivity index (χ1) is 17.8. The number of hydrogen-bond acceptors (Lipinski definition) is 5. The molecule has 0 spiro atoms. The Labute approximate surface area is 214 Å². The van der Waals surface area contributed by atoms with Gasteiger partial charge in [-0.05, 0) is 56.7 Å². The Morgan fingerprint density at radius 2 is 1.59 bits per heavy atom. The highest BCUT2D eigenvalue weighted by Crippen LogP contribution is 2.31. The van der Waals surface area contributed by atoms with Gasteiger partial charge in [0.15, 0.2) is 5.82 Å². The number of sulfonamides is 1. The molecule has 6 rings (SSSR count). The maximum Gasteiger partial charge on any atom is 0.265 e. The summed E-state index contributed by atoms with van der Waals surface area (Å²) in [5, 5.41) is 4.92. The molecule has 0 radical (unpaired) electrons. The number of hydrogen-bond donors (Lipinski definition) is 1. The minimum Gasteiger partial charge on any atom is -0.359 e. The van der Waals surface area contributed by atoms with Crippen LogP contribution in [0.3, 0.4) is 0 Å². The fourth-order valence-electron chi connectivity index (χ4n) is 4.72. The van der Waals surface area contributed by atoms with Crippen LogP contribution in [0.5, 0.6) is 0 Å². The third-order valence-electron chi connectivity index (χ3n) is 6.77. The standard InChI is InChI=1S/C28H25N5O3S/c1-18-19(2)36-30-28(18)31-37(34,35)27-15-9-8-14-26(27)33-17-21(22-10-4-6-12-24(22)33)16-32-20(3)29-23-11-5-7-13-25(23)32/h4-15,17H,16H2,1-3H3,(H,30,31). The Morgan fingerprint density at radius 3 is 2.38 bits per heavy atom. The second-order valence-electron chi connectivity index (χ2n) is 9.06. The molecule has 0 saturated carbocycles. The average molecular weight is 512 g/mol. The number of anilines is 1. The minimum atomic E-state index is -3.95. The van der Waals surface area contributed by atoms with E-state index in [9.17, 15) is 8.42 Å². The van der Waals surface area contributed by atoms with Crippen molar-refractivity contribution in [1.82, 2.24) is 19.3 Å². The number of aryl methyl sites for hydroxylation is 2. The van der Waals surface area contributed by atoms with Crippen molar-refractivity contribution >= 4 is 37.8 Å². The summed E-state index contributed by atoms with van der Waals surface area (Å²) in [6, 6.07) is 23.0. The van der Waals surface area contributed by atoms with Crippen molar-refractivity contribution in [3.05, 3.63) is 102 Å². The predicted molar refractivity (Wildman–Crippen MR) is 144 cm³/mol. The van der Waals surface area contributed by atoms with Gasteiger partial charge in [0.1, 0.15) is 16.5 Å². The fraction of sp³-hybridized carbons (Fsp3) is 0.143. The Morgan fingerprint density at radius 1 is 0.892 bits per heavy atom. The second kappa shape index (κ2) is 8.63. The molecule has 186 valence electrons. The van der Waals surface area contributed by atoms with Crippen molar-refractivity contribution in [2.75, 3.05) is 4.72 Å². The van der Waals surface area contributed by atoms with Crippen LogP contribution in [0.2, 0.25) is 0 Å². The number of benzene rings is 3. The second-order valence-corrected chi connectivity index (χ2v) is 10.7. The molecule has 1 N–H and O–H groups in total. The molecule has 0 amide bonds. The lowest BCUT2D eigenvalue weighted by Crippen LogP contribution is -2.16. The Bertz CT molecular complexity index is 1900. The molecule has 0 aliphatic carbocycles. The monoisotopic (exact) mass is 511 g/mol. The summed E-state index contributed by atoms with van der Waals surface area (Å²) >= 11 is 0. The molecule has 0 aliphatic heterocycles. The summed E-state index contributed by atoms with van der Waals surface area (Å²) in [5.74, 6) is 1.67. The van der Waals surface area contributed by atoms with E-state index < -0.39 is 10.0 Å². The van der Waals surface area contributed by atoms with Crippen LogP contribution in [0.15, 0.2) is 88.4 Å². The molecule has 0 saturated heterocycles. The van der Waals surface area contributed by atoms with Crippen molar-refractivity contribution < 1.29 is 12.9 Å². The first kappa shape index (κ1) is 23.1. The van der Waals surface area contributed by atoms with E-state index >= 15 is 0 Å². The van der Waals surface area contributed by atoms with E-state index in [0.717, 1.165) is 33.3 Å². The molecule has 0 aliphatic rings. The molecule has 0 bridgehead atoms. The fourth-order valence-corrected chi connectivity index (χ4v) is 5.97. The van der Waals surface area contributed by atoms with Gasteiger partial charge in [0.2, 0.25) is 0 Å². The third kappa shape index (κ3) is 3.88. The van der Waals surface area contributed by atoms with Crippen LogP contribution in [0.1, 0.15) is 22.7 Å². The van der Waals surface area contributed by atoms with Gasteiger partial charge < -0.3 is 13.7 Å². The highest BCUT2D eigenvalue weighted by molar-refractivity contribution is 7.92. The Kier molecular flexibility index (Phi) is 5.38. The molecule has 3 heterocycles. The summed E-state index contributed by atoms with van der Waals surface area (Å²) in [7, 11) is -3.95. The summed E-state index contributed by atoms with van der Waals surface area (Å²) in [4.78, 5) is 4.85. The predicted octanol–water partition coefficient (Wildman–Crippen LogP) is 5.74. The van der Waals surface area contributed by atoms with Gasteiger partial charge in [-0.3, -0.25) is 4.72 Å². The van der Waals surface area contributed by atoms with E-state index in [4.69, 9.17) is 9.51 Å². The van der Waals surface area contributed by atoms with E-state index in [2.05, 4.69) is 26.6 Å². The summed E-state index contributed by atoms with van der Waals surface area (Å²) in [6.45, 7) is 6.11. The number of rotatable bonds is 6. The zero-order valence-electron chi connectivity index (χ0n) is 20.6. The van der Waals surface area contributed by atoms with Crippen LogP contribution in [0, 0.1) is 20.8 Å². The molecule has 0 atom stereocenters. The van der Waals surface area contributed by atoms with Crippen LogP contribution in [-0.4, -0.2) is 27.7 Å². The molecule has 6 aromatic rings. The quantitative estimate of drug-likeness (QED) is 0.308. The summed E-state index contributed by atoms with van der Waals surface area (Å²) in [5.41, 5.74) is 5.17. The van der Waals surface area contributed by atoms with Crippen molar-refractivity contribution in [3.8, 4) is 5.69 Å². The number of imidazole rings is 1. The maximum atomic E-state index is 13.5. The lowest BCUT2D eigenvalue weighted by atomic mass is 10.1. The topological polar surface area (TPSA) is 95.0 Å². The van der Waals surface area contributed by atoms with Gasteiger partial charge in [0.25, 0.3) is 10.0 Å². The molecule has 37 heavy (non-hydrogen) atoms. The lowest BCUT2D eigenvalue weighted by molar-refractivity contribution is 0.399. The van der Waals surface area contributed by atoms with E-state index in [1.165, 1.54) is 0 Å². The Balaban J connectivity index is 1.48. The number of nitrogens with one attached hydrogen (secondary N) is 1. The highest BCUT2D eigenvalue weighted by atomic mass is 32.2. The number of fused-ring (bicyclic) bond motifs is 2. The summed E-state index contributed by atoms with van der Waals surface area (Å²) in [6.07, 6.45) is 2.01. The molecular formula is C28H25N5O3S. The van der Waals surface area contributed by atoms with Gasteiger partial charge in [-0.2, -0.15) is 0 Å². The van der Waals surface area contributed by atoms with Gasteiger partial charge in [-0.15, -0.1) is 0 Å². The Hall–Kier alpha value is -4.37. The van der Waals surface area contributed by atoms with Crippen molar-refractivity contribution in [2.24, 2.45) is 0 Å². The molecule has 0 fully saturated rings. The van der Waals surface area contributed by atoms with Gasteiger partial charge in [-0.1, -0.05) is 47.6 Å². The molecule has 3 aromatic heterocycles. The van der Waals surface area contributed by atoms with Crippen LogP contribution in [0.25, 0.3) is 27.6 Å². The first-order valence-electron chi connectivity index (χ1n) is 11.9. The summed E-state index contributed by atoms with van der Waals surface area (Å²) < 4.78 is 38.9. The van der Waals surface area contributed by atoms with Gasteiger partial charge in [-0.25, -0.2) is 13.4 Å². The largest absolute Gasteiger partial charge is 0.359 e. The normalized spacial score (nSPS) is 12.0. The van der Waals surface area contributed by atoms with Crippen molar-refractivity contribution in [2.45, 2.75) is 32.2 Å². The average Bonchev–Trinajstić information content (AvgIpc) is 3.53. The van der Waals surface area contributed by atoms with Crippen LogP contribution < -0.4 is 4.72 Å². The van der Waals surface area contributed by atoms with Crippen LogP contribution >= 0.6 is 0 Å². The molecule has 9 heteroatoms. The van der Waals surface area contributed by atoms with Gasteiger partial charge in [0, 0.05) is 17.1 Å². The maximum absolute atomic E-state index is 13.5. The van der Waals surface area contributed by atoms with E-state index in [1.54, 1.807) is 26.0 Å². The van der Waals surface area contributed by atoms with Crippen molar-refractivity contribution in [1.29, 1.82) is 0 Å². The third-order valence-corrected chi connectivity index (χ3v) is 8.16. The van der Waals surface area contributed by atoms with E-state index in [1.807, 2.05) is 66.2 Å². The smallest absolute Gasteiger partial charge is 0.265 e. The number of aromatic nitrogens is 4. The zero-order chi connectivity index (χ0) is 25.7.